The molecule has 0 fully saturated rings. The number of ether oxygens (including phenoxy) is 1. The Morgan fingerprint density at radius 3 is 2.67 bits per heavy atom. The highest BCUT2D eigenvalue weighted by Crippen LogP contribution is 2.17. The van der Waals surface area contributed by atoms with Gasteiger partial charge in [-0.15, -0.1) is 0 Å². The van der Waals surface area contributed by atoms with E-state index >= 15 is 0 Å². The van der Waals surface area contributed by atoms with Crippen molar-refractivity contribution >= 4 is 5.71 Å². The predicted octanol–water partition coefficient (Wildman–Crippen LogP) is 2.68. The van der Waals surface area contributed by atoms with Gasteiger partial charge in [0.25, 0.3) is 0 Å². The zero-order valence-electron chi connectivity index (χ0n) is 15.2. The highest BCUT2D eigenvalue weighted by atomic mass is 16.6. The first kappa shape index (κ1) is 18.9. The Morgan fingerprint density at radius 1 is 1.33 bits per heavy atom. The smallest absolute Gasteiger partial charge is 0.145 e. The molecule has 0 saturated heterocycles. The Hall–Kier alpha value is -1.43. The highest BCUT2D eigenvalue weighted by molar-refractivity contribution is 6.01. The number of benzene rings is 1. The molecule has 5 nitrogen and oxygen atoms in total. The molecule has 24 heavy (non-hydrogen) atoms. The van der Waals surface area contributed by atoms with Crippen molar-refractivity contribution in [1.82, 2.24) is 4.90 Å². The molecule has 134 valence electrons. The average Bonchev–Trinajstić information content (AvgIpc) is 3.01. The van der Waals surface area contributed by atoms with Gasteiger partial charge in [0.1, 0.15) is 6.10 Å². The van der Waals surface area contributed by atoms with Crippen molar-refractivity contribution in [3.8, 4) is 0 Å². The molecule has 0 bridgehead atoms. The van der Waals surface area contributed by atoms with Crippen LogP contribution in [-0.4, -0.2) is 59.8 Å². The lowest BCUT2D eigenvalue weighted by molar-refractivity contribution is -0.0588. The monoisotopic (exact) mass is 334 g/mol. The molecule has 0 radical (unpaired) electrons. The van der Waals surface area contributed by atoms with Crippen LogP contribution in [0.25, 0.3) is 0 Å². The molecular formula is C19H30N2O3. The second-order valence-corrected chi connectivity index (χ2v) is 7.26. The highest BCUT2D eigenvalue weighted by Gasteiger charge is 2.25. The van der Waals surface area contributed by atoms with Crippen molar-refractivity contribution < 1.29 is 14.7 Å². The minimum Gasteiger partial charge on any atom is -0.390 e. The maximum atomic E-state index is 10.2. The molecule has 1 aliphatic heterocycles. The van der Waals surface area contributed by atoms with E-state index in [1.807, 2.05) is 39.0 Å². The fourth-order valence-electron chi connectivity index (χ4n) is 2.64. The van der Waals surface area contributed by atoms with E-state index < -0.39 is 6.10 Å². The van der Waals surface area contributed by atoms with Crippen molar-refractivity contribution in [2.24, 2.45) is 5.16 Å². The van der Waals surface area contributed by atoms with Crippen molar-refractivity contribution in [3.63, 3.8) is 0 Å². The topological polar surface area (TPSA) is 54.3 Å². The van der Waals surface area contributed by atoms with Gasteiger partial charge in [0.2, 0.25) is 0 Å². The summed E-state index contributed by atoms with van der Waals surface area (Å²) in [5.41, 5.74) is 1.88. The summed E-state index contributed by atoms with van der Waals surface area (Å²) in [6.45, 7) is 10.6. The fourth-order valence-corrected chi connectivity index (χ4v) is 2.64. The van der Waals surface area contributed by atoms with Gasteiger partial charge < -0.3 is 14.7 Å². The van der Waals surface area contributed by atoms with E-state index in [1.165, 1.54) is 0 Å². The van der Waals surface area contributed by atoms with E-state index in [0.717, 1.165) is 30.8 Å². The SMILES string of the molecule is CCN(C[C@H](O)COC(C)(C)C)C[C@@H]1CC(c2ccccc2)=NO1. The van der Waals surface area contributed by atoms with E-state index in [4.69, 9.17) is 9.57 Å². The van der Waals surface area contributed by atoms with Crippen LogP contribution >= 0.6 is 0 Å². The second kappa shape index (κ2) is 8.60. The molecule has 0 saturated carbocycles. The molecule has 1 heterocycles. The minimum atomic E-state index is -0.500. The molecule has 1 aromatic rings. The van der Waals surface area contributed by atoms with Crippen LogP contribution < -0.4 is 0 Å². The van der Waals surface area contributed by atoms with Crippen molar-refractivity contribution in [3.05, 3.63) is 35.9 Å². The largest absolute Gasteiger partial charge is 0.390 e. The maximum Gasteiger partial charge on any atom is 0.145 e. The van der Waals surface area contributed by atoms with E-state index in [2.05, 4.69) is 29.1 Å². The number of aliphatic hydroxyl groups excluding tert-OH is 1. The minimum absolute atomic E-state index is 0.0379. The fraction of sp³-hybridized carbons (Fsp3) is 0.632. The lowest BCUT2D eigenvalue weighted by Crippen LogP contribution is -2.40. The molecule has 0 unspecified atom stereocenters. The van der Waals surface area contributed by atoms with E-state index in [-0.39, 0.29) is 11.7 Å². The molecule has 2 rings (SSSR count). The van der Waals surface area contributed by atoms with Crippen LogP contribution in [0.1, 0.15) is 39.7 Å². The van der Waals surface area contributed by atoms with Gasteiger partial charge in [-0.25, -0.2) is 0 Å². The summed E-state index contributed by atoms with van der Waals surface area (Å²) in [5, 5.41) is 14.4. The maximum absolute atomic E-state index is 10.2. The lowest BCUT2D eigenvalue weighted by atomic mass is 10.0. The molecule has 0 aliphatic carbocycles. The molecule has 2 atom stereocenters. The van der Waals surface area contributed by atoms with Gasteiger partial charge in [0.15, 0.2) is 0 Å². The van der Waals surface area contributed by atoms with Crippen molar-refractivity contribution in [1.29, 1.82) is 0 Å². The van der Waals surface area contributed by atoms with Crippen molar-refractivity contribution in [2.75, 3.05) is 26.2 Å². The summed E-state index contributed by atoms with van der Waals surface area (Å²) < 4.78 is 5.65. The standard InChI is InChI=1S/C19H30N2O3/c1-5-21(12-16(22)14-23-19(2,3)4)13-17-11-18(20-24-17)15-9-7-6-8-10-15/h6-10,16-17,22H,5,11-14H2,1-4H3/t16-,17-/m0/s1. The Kier molecular flexibility index (Phi) is 6.78. The normalized spacial score (nSPS) is 19.2. The molecule has 0 spiro atoms. The van der Waals surface area contributed by atoms with Crippen LogP contribution in [0.4, 0.5) is 0 Å². The quantitative estimate of drug-likeness (QED) is 0.794. The molecule has 1 aliphatic rings. The summed E-state index contributed by atoms with van der Waals surface area (Å²) in [5.74, 6) is 0. The Balaban J connectivity index is 1.78. The predicted molar refractivity (Wildman–Crippen MR) is 96.3 cm³/mol. The number of nitrogens with zero attached hydrogens (tertiary/aromatic N) is 2. The van der Waals surface area contributed by atoms with Crippen LogP contribution in [-0.2, 0) is 9.57 Å². The van der Waals surface area contributed by atoms with Gasteiger partial charge in [-0.1, -0.05) is 42.4 Å². The third-order valence-electron chi connectivity index (χ3n) is 3.93. The van der Waals surface area contributed by atoms with Crippen LogP contribution in [0.3, 0.4) is 0 Å². The van der Waals surface area contributed by atoms with Gasteiger partial charge in [0, 0.05) is 19.5 Å². The Bertz CT molecular complexity index is 525. The van der Waals surface area contributed by atoms with Gasteiger partial charge in [-0.3, -0.25) is 4.90 Å². The zero-order chi connectivity index (χ0) is 17.6. The van der Waals surface area contributed by atoms with Crippen LogP contribution in [0.2, 0.25) is 0 Å². The third kappa shape index (κ3) is 6.23. The third-order valence-corrected chi connectivity index (χ3v) is 3.93. The average molecular weight is 334 g/mol. The summed E-state index contributed by atoms with van der Waals surface area (Å²) in [6, 6.07) is 10.1. The first-order valence-corrected chi connectivity index (χ1v) is 8.70. The van der Waals surface area contributed by atoms with Crippen LogP contribution in [0.15, 0.2) is 35.5 Å². The van der Waals surface area contributed by atoms with E-state index in [9.17, 15) is 5.11 Å². The van der Waals surface area contributed by atoms with E-state index in [0.29, 0.717) is 13.2 Å². The summed E-state index contributed by atoms with van der Waals surface area (Å²) in [6.07, 6.45) is 0.339. The Morgan fingerprint density at radius 2 is 2.04 bits per heavy atom. The summed E-state index contributed by atoms with van der Waals surface area (Å²) in [7, 11) is 0. The second-order valence-electron chi connectivity index (χ2n) is 7.26. The van der Waals surface area contributed by atoms with Gasteiger partial charge in [-0.05, 0) is 32.9 Å². The molecule has 0 aromatic heterocycles. The number of likely N-dealkylation sites (N-methyl/N-ethyl adjacent to an activating group) is 1. The first-order valence-electron chi connectivity index (χ1n) is 8.70. The molecule has 5 heteroatoms. The lowest BCUT2D eigenvalue weighted by Gasteiger charge is -2.27. The molecule has 1 aromatic carbocycles. The van der Waals surface area contributed by atoms with Crippen LogP contribution in [0, 0.1) is 0 Å². The number of rotatable bonds is 8. The Labute approximate surface area is 145 Å². The molecule has 1 N–H and O–H groups in total. The van der Waals surface area contributed by atoms with E-state index in [1.54, 1.807) is 0 Å². The number of oxime groups is 1. The number of hydrogen-bond donors (Lipinski definition) is 1. The number of hydrogen-bond acceptors (Lipinski definition) is 5. The number of aliphatic hydroxyl groups is 1. The molecular weight excluding hydrogens is 304 g/mol. The zero-order valence-corrected chi connectivity index (χ0v) is 15.2. The first-order chi connectivity index (χ1) is 11.4. The molecule has 0 amide bonds. The van der Waals surface area contributed by atoms with Gasteiger partial charge >= 0.3 is 0 Å². The van der Waals surface area contributed by atoms with Gasteiger partial charge in [0.05, 0.1) is 24.0 Å². The van der Waals surface area contributed by atoms with Crippen molar-refractivity contribution in [2.45, 2.75) is 51.9 Å². The summed E-state index contributed by atoms with van der Waals surface area (Å²) >= 11 is 0. The van der Waals surface area contributed by atoms with Crippen LogP contribution in [0.5, 0.6) is 0 Å². The van der Waals surface area contributed by atoms with Gasteiger partial charge in [-0.2, -0.15) is 0 Å². The summed E-state index contributed by atoms with van der Waals surface area (Å²) in [4.78, 5) is 7.77.